The lowest BCUT2D eigenvalue weighted by Gasteiger charge is -2.18. The monoisotopic (exact) mass is 363 g/mol. The van der Waals surface area contributed by atoms with Crippen molar-refractivity contribution in [2.75, 3.05) is 19.8 Å². The Balaban J connectivity index is 0.00000109. The number of benzene rings is 1. The molecule has 1 aliphatic heterocycles. The zero-order valence-corrected chi connectivity index (χ0v) is 15.0. The van der Waals surface area contributed by atoms with Gasteiger partial charge in [0.15, 0.2) is 11.5 Å². The van der Waals surface area contributed by atoms with Gasteiger partial charge in [-0.3, -0.25) is 9.52 Å². The predicted molar refractivity (Wildman–Crippen MR) is 97.1 cm³/mol. The molecule has 0 aliphatic carbocycles. The lowest BCUT2D eigenvalue weighted by atomic mass is 10.3. The number of hydrogen-bond acceptors (Lipinski definition) is 7. The van der Waals surface area contributed by atoms with Gasteiger partial charge in [-0.25, -0.2) is 5.43 Å². The Morgan fingerprint density at radius 2 is 2.04 bits per heavy atom. The number of carbonyl (C=O) groups is 1. The van der Waals surface area contributed by atoms with Crippen molar-refractivity contribution < 1.29 is 18.7 Å². The third-order valence-corrected chi connectivity index (χ3v) is 3.64. The highest BCUT2D eigenvalue weighted by Gasteiger charge is 2.12. The van der Waals surface area contributed by atoms with Crippen molar-refractivity contribution in [3.8, 4) is 11.5 Å². The fraction of sp³-hybridized carbons (Fsp3) is 0.294. The molecule has 7 nitrogen and oxygen atoms in total. The molecule has 3 rings (SSSR count). The highest BCUT2D eigenvalue weighted by atomic mass is 32.2. The van der Waals surface area contributed by atoms with Crippen molar-refractivity contribution in [2.24, 2.45) is 5.10 Å². The first kappa shape index (κ1) is 18.9. The van der Waals surface area contributed by atoms with Gasteiger partial charge < -0.3 is 13.9 Å². The summed E-state index contributed by atoms with van der Waals surface area (Å²) in [4.78, 5) is 12.6. The van der Waals surface area contributed by atoms with Crippen LogP contribution in [-0.2, 0) is 4.79 Å². The lowest BCUT2D eigenvalue weighted by Crippen LogP contribution is -2.27. The van der Waals surface area contributed by atoms with Gasteiger partial charge in [0.25, 0.3) is 5.91 Å². The van der Waals surface area contributed by atoms with Gasteiger partial charge in [-0.15, -0.1) is 0 Å². The molecule has 0 bridgehead atoms. The number of furan rings is 1. The predicted octanol–water partition coefficient (Wildman–Crippen LogP) is 2.82. The minimum atomic E-state index is -0.252. The molecule has 0 saturated heterocycles. The van der Waals surface area contributed by atoms with Gasteiger partial charge in [0.05, 0.1) is 19.0 Å². The van der Waals surface area contributed by atoms with Crippen molar-refractivity contribution >= 4 is 24.1 Å². The molecule has 25 heavy (non-hydrogen) atoms. The summed E-state index contributed by atoms with van der Waals surface area (Å²) in [6.07, 6.45) is 2.97. The molecule has 1 aliphatic rings. The van der Waals surface area contributed by atoms with Crippen LogP contribution in [0.5, 0.6) is 11.5 Å². The van der Waals surface area contributed by atoms with Crippen LogP contribution in [-0.4, -0.2) is 31.9 Å². The first-order valence-corrected chi connectivity index (χ1v) is 8.78. The quantitative estimate of drug-likeness (QED) is 0.466. The molecule has 1 aromatic carbocycles. The van der Waals surface area contributed by atoms with E-state index >= 15 is 0 Å². The number of fused-ring (bicyclic) bond motifs is 1. The summed E-state index contributed by atoms with van der Waals surface area (Å²) in [7, 11) is 0. The van der Waals surface area contributed by atoms with Crippen molar-refractivity contribution in [3.05, 3.63) is 42.4 Å². The zero-order valence-electron chi connectivity index (χ0n) is 14.2. The summed E-state index contributed by atoms with van der Waals surface area (Å²) < 4.78 is 19.0. The van der Waals surface area contributed by atoms with Gasteiger partial charge in [-0.05, 0) is 42.3 Å². The van der Waals surface area contributed by atoms with Crippen LogP contribution in [0.15, 0.2) is 51.0 Å². The van der Waals surface area contributed by atoms with Gasteiger partial charge in [-0.1, -0.05) is 13.8 Å². The van der Waals surface area contributed by atoms with Crippen molar-refractivity contribution in [1.29, 1.82) is 0 Å². The van der Waals surface area contributed by atoms with Crippen LogP contribution in [0.3, 0.4) is 0 Å². The molecule has 1 aromatic heterocycles. The molecule has 134 valence electrons. The summed E-state index contributed by atoms with van der Waals surface area (Å²) in [6.45, 7) is 5.23. The van der Waals surface area contributed by atoms with E-state index in [0.717, 1.165) is 16.4 Å². The van der Waals surface area contributed by atoms with Crippen LogP contribution in [0.25, 0.3) is 0 Å². The van der Waals surface area contributed by atoms with Gasteiger partial charge in [0, 0.05) is 4.90 Å². The average Bonchev–Trinajstić information content (AvgIpc) is 3.17. The molecular formula is C17H21N3O4S. The molecule has 0 radical (unpaired) electrons. The van der Waals surface area contributed by atoms with Crippen LogP contribution in [0.1, 0.15) is 19.6 Å². The molecule has 0 saturated carbocycles. The van der Waals surface area contributed by atoms with E-state index in [1.165, 1.54) is 24.4 Å². The third kappa shape index (κ3) is 6.17. The van der Waals surface area contributed by atoms with Crippen LogP contribution in [0.4, 0.5) is 0 Å². The van der Waals surface area contributed by atoms with E-state index in [4.69, 9.17) is 13.9 Å². The van der Waals surface area contributed by atoms with Gasteiger partial charge in [-0.2, -0.15) is 5.10 Å². The van der Waals surface area contributed by atoms with Crippen LogP contribution >= 0.6 is 11.9 Å². The number of nitrogens with one attached hydrogen (secondary N) is 2. The number of hydrazone groups is 1. The number of amides is 1. The van der Waals surface area contributed by atoms with Crippen molar-refractivity contribution in [3.63, 3.8) is 0 Å². The molecule has 0 unspecified atom stereocenters. The third-order valence-electron chi connectivity index (χ3n) is 2.86. The van der Waals surface area contributed by atoms with Crippen LogP contribution in [0, 0.1) is 0 Å². The lowest BCUT2D eigenvalue weighted by molar-refractivity contribution is -0.119. The molecule has 2 heterocycles. The molecular weight excluding hydrogens is 342 g/mol. The average molecular weight is 363 g/mol. The van der Waals surface area contributed by atoms with Crippen LogP contribution in [0.2, 0.25) is 0 Å². The van der Waals surface area contributed by atoms with E-state index in [9.17, 15) is 4.79 Å². The van der Waals surface area contributed by atoms with E-state index in [-0.39, 0.29) is 12.5 Å². The fourth-order valence-corrected chi connectivity index (χ4v) is 2.52. The van der Waals surface area contributed by atoms with Gasteiger partial charge in [0.1, 0.15) is 19.0 Å². The second-order valence-corrected chi connectivity index (χ2v) is 5.50. The first-order chi connectivity index (χ1) is 12.3. The number of hydrogen-bond donors (Lipinski definition) is 2. The van der Waals surface area contributed by atoms with E-state index in [1.54, 1.807) is 12.1 Å². The maximum atomic E-state index is 11.6. The summed E-state index contributed by atoms with van der Waals surface area (Å²) in [5.74, 6) is 1.78. The minimum absolute atomic E-state index is 0.120. The highest BCUT2D eigenvalue weighted by Crippen LogP contribution is 2.33. The topological polar surface area (TPSA) is 85.1 Å². The molecule has 0 atom stereocenters. The normalized spacial score (nSPS) is 12.4. The molecule has 2 N–H and O–H groups in total. The maximum absolute atomic E-state index is 11.6. The zero-order chi connectivity index (χ0) is 17.9. The Labute approximate surface area is 150 Å². The molecule has 2 aromatic rings. The van der Waals surface area contributed by atoms with Crippen LogP contribution < -0.4 is 19.6 Å². The molecule has 8 heteroatoms. The van der Waals surface area contributed by atoms with E-state index in [2.05, 4.69) is 15.2 Å². The van der Waals surface area contributed by atoms with Crippen molar-refractivity contribution in [1.82, 2.24) is 10.1 Å². The van der Waals surface area contributed by atoms with E-state index in [0.29, 0.717) is 19.0 Å². The second-order valence-electron chi connectivity index (χ2n) is 4.54. The highest BCUT2D eigenvalue weighted by molar-refractivity contribution is 7.97. The molecule has 0 fully saturated rings. The largest absolute Gasteiger partial charge is 0.486 e. The number of carbonyl (C=O) groups excluding carboxylic acids is 1. The Hall–Kier alpha value is -2.45. The number of rotatable bonds is 6. The smallest absolute Gasteiger partial charge is 0.254 e. The number of ether oxygens (including phenoxy) is 2. The Morgan fingerprint density at radius 3 is 2.80 bits per heavy atom. The van der Waals surface area contributed by atoms with E-state index < -0.39 is 0 Å². The molecule has 0 spiro atoms. The summed E-state index contributed by atoms with van der Waals surface area (Å²) in [5, 5.41) is 3.79. The first-order valence-electron chi connectivity index (χ1n) is 7.96. The minimum Gasteiger partial charge on any atom is -0.486 e. The standard InChI is InChI=1S/C15H15N3O4S.C2H6/c19-15(18-16-9-11-2-1-5-20-11)10-17-23-12-3-4-13-14(8-12)22-7-6-21-13;1-2/h1-5,8-9,17H,6-7,10H2,(H,18,19);1-2H3/b16-9+;. The molecule has 1 amide bonds. The maximum Gasteiger partial charge on any atom is 0.254 e. The second kappa shape index (κ2) is 10.4. The van der Waals surface area contributed by atoms with Crippen molar-refractivity contribution in [2.45, 2.75) is 18.7 Å². The summed E-state index contributed by atoms with van der Waals surface area (Å²) in [6, 6.07) is 9.11. The summed E-state index contributed by atoms with van der Waals surface area (Å²) in [5.41, 5.74) is 2.41. The SMILES string of the molecule is CC.O=C(CNSc1ccc2c(c1)OCCO2)N/N=C/c1ccco1. The summed E-state index contributed by atoms with van der Waals surface area (Å²) >= 11 is 1.34. The Bertz CT molecular complexity index is 689. The van der Waals surface area contributed by atoms with E-state index in [1.807, 2.05) is 32.0 Å². The number of nitrogens with zero attached hydrogens (tertiary/aromatic N) is 1. The Kier molecular flexibility index (Phi) is 7.87. The fourth-order valence-electron chi connectivity index (χ4n) is 1.84. The Morgan fingerprint density at radius 1 is 1.24 bits per heavy atom. The van der Waals surface area contributed by atoms with Gasteiger partial charge >= 0.3 is 0 Å². The van der Waals surface area contributed by atoms with Gasteiger partial charge in [0.2, 0.25) is 0 Å².